The second kappa shape index (κ2) is 5.31. The number of piperidine rings is 1. The molecule has 1 saturated carbocycles. The first-order valence-corrected chi connectivity index (χ1v) is 6.70. The number of nitrogens with one attached hydrogen (secondary N) is 1. The highest BCUT2D eigenvalue weighted by atomic mass is 15.2. The molecular weight excluding hydrogens is 184 g/mol. The summed E-state index contributed by atoms with van der Waals surface area (Å²) < 4.78 is 0. The van der Waals surface area contributed by atoms with E-state index in [1.807, 2.05) is 0 Å². The van der Waals surface area contributed by atoms with Crippen LogP contribution in [0.2, 0.25) is 0 Å². The minimum absolute atomic E-state index is 0.834. The number of fused-ring (bicyclic) bond motifs is 2. The molecule has 0 aromatic heterocycles. The summed E-state index contributed by atoms with van der Waals surface area (Å²) in [5.74, 6) is 1.88. The monoisotopic (exact) mass is 210 g/mol. The Morgan fingerprint density at radius 3 is 2.73 bits per heavy atom. The maximum Gasteiger partial charge on any atom is 0.0110 e. The number of likely N-dealkylation sites (tertiary alicyclic amines) is 1. The van der Waals surface area contributed by atoms with Crippen LogP contribution in [-0.4, -0.2) is 37.1 Å². The van der Waals surface area contributed by atoms with Crippen LogP contribution < -0.4 is 5.32 Å². The van der Waals surface area contributed by atoms with Gasteiger partial charge in [0.1, 0.15) is 0 Å². The van der Waals surface area contributed by atoms with Gasteiger partial charge in [-0.2, -0.15) is 0 Å². The van der Waals surface area contributed by atoms with E-state index in [4.69, 9.17) is 0 Å². The van der Waals surface area contributed by atoms with E-state index in [0.29, 0.717) is 0 Å². The normalized spacial score (nSPS) is 30.6. The van der Waals surface area contributed by atoms with E-state index in [9.17, 15) is 0 Å². The van der Waals surface area contributed by atoms with Crippen molar-refractivity contribution in [3.8, 4) is 0 Å². The molecule has 1 saturated heterocycles. The molecule has 88 valence electrons. The molecule has 2 heteroatoms. The molecule has 0 aromatic rings. The van der Waals surface area contributed by atoms with E-state index in [0.717, 1.165) is 17.9 Å². The Morgan fingerprint density at radius 1 is 1.27 bits per heavy atom. The summed E-state index contributed by atoms with van der Waals surface area (Å²) in [7, 11) is 0. The quantitative estimate of drug-likeness (QED) is 0.676. The highest BCUT2D eigenvalue weighted by Gasteiger charge is 2.36. The van der Waals surface area contributed by atoms with Gasteiger partial charge in [-0.05, 0) is 44.1 Å². The maximum absolute atomic E-state index is 3.56. The molecule has 2 atom stereocenters. The number of hydrogen-bond donors (Lipinski definition) is 1. The summed E-state index contributed by atoms with van der Waals surface area (Å²) >= 11 is 0. The molecule has 2 fully saturated rings. The summed E-state index contributed by atoms with van der Waals surface area (Å²) in [6.07, 6.45) is 5.77. The molecule has 0 spiro atoms. The van der Waals surface area contributed by atoms with Crippen molar-refractivity contribution in [1.82, 2.24) is 10.2 Å². The average Bonchev–Trinajstić information content (AvgIpc) is 2.78. The lowest BCUT2D eigenvalue weighted by molar-refractivity contribution is 0.214. The zero-order chi connectivity index (χ0) is 10.7. The lowest BCUT2D eigenvalue weighted by Crippen LogP contribution is -2.37. The van der Waals surface area contributed by atoms with Crippen LogP contribution in [0.1, 0.15) is 39.5 Å². The molecular formula is C13H26N2. The Morgan fingerprint density at radius 2 is 2.13 bits per heavy atom. The van der Waals surface area contributed by atoms with Crippen molar-refractivity contribution in [2.75, 3.05) is 26.2 Å². The van der Waals surface area contributed by atoms with Gasteiger partial charge in [-0.1, -0.05) is 13.8 Å². The van der Waals surface area contributed by atoms with Gasteiger partial charge in [0.05, 0.1) is 0 Å². The van der Waals surface area contributed by atoms with Crippen LogP contribution in [0.15, 0.2) is 0 Å². The highest BCUT2D eigenvalue weighted by Crippen LogP contribution is 2.36. The molecule has 1 heterocycles. The zero-order valence-corrected chi connectivity index (χ0v) is 10.3. The largest absolute Gasteiger partial charge is 0.315 e. The second-order valence-electron chi connectivity index (χ2n) is 5.76. The van der Waals surface area contributed by atoms with Crippen LogP contribution >= 0.6 is 0 Å². The van der Waals surface area contributed by atoms with Gasteiger partial charge in [0.25, 0.3) is 0 Å². The van der Waals surface area contributed by atoms with Gasteiger partial charge in [-0.15, -0.1) is 0 Å². The molecule has 1 N–H and O–H groups in total. The average molecular weight is 210 g/mol. The molecule has 1 aliphatic carbocycles. The summed E-state index contributed by atoms with van der Waals surface area (Å²) in [5, 5.41) is 3.56. The first kappa shape index (κ1) is 11.4. The van der Waals surface area contributed by atoms with Gasteiger partial charge in [0.2, 0.25) is 0 Å². The van der Waals surface area contributed by atoms with Gasteiger partial charge in [-0.3, -0.25) is 4.90 Å². The summed E-state index contributed by atoms with van der Waals surface area (Å²) in [4.78, 5) is 2.70. The Labute approximate surface area is 94.4 Å². The van der Waals surface area contributed by atoms with Crippen LogP contribution in [0.3, 0.4) is 0 Å². The molecule has 2 unspecified atom stereocenters. The van der Waals surface area contributed by atoms with Gasteiger partial charge in [0.15, 0.2) is 0 Å². The van der Waals surface area contributed by atoms with Gasteiger partial charge in [-0.25, -0.2) is 0 Å². The molecule has 15 heavy (non-hydrogen) atoms. The van der Waals surface area contributed by atoms with E-state index < -0.39 is 0 Å². The lowest BCUT2D eigenvalue weighted by Gasteiger charge is -2.26. The fourth-order valence-corrected chi connectivity index (χ4v) is 3.04. The van der Waals surface area contributed by atoms with Crippen molar-refractivity contribution in [1.29, 1.82) is 0 Å². The van der Waals surface area contributed by atoms with E-state index in [1.165, 1.54) is 51.9 Å². The molecule has 0 amide bonds. The van der Waals surface area contributed by atoms with E-state index >= 15 is 0 Å². The number of nitrogens with zero attached hydrogens (tertiary/aromatic N) is 1. The fourth-order valence-electron chi connectivity index (χ4n) is 3.04. The van der Waals surface area contributed by atoms with Crippen molar-refractivity contribution in [2.24, 2.45) is 11.8 Å². The molecule has 2 nitrogen and oxygen atoms in total. The van der Waals surface area contributed by atoms with Crippen LogP contribution in [0.4, 0.5) is 0 Å². The fraction of sp³-hybridized carbons (Fsp3) is 1.00. The Balaban J connectivity index is 1.51. The molecule has 1 aliphatic heterocycles. The smallest absolute Gasteiger partial charge is 0.0110 e. The minimum Gasteiger partial charge on any atom is -0.315 e. The summed E-state index contributed by atoms with van der Waals surface area (Å²) in [5.41, 5.74) is 0. The standard InChI is InChI=1S/C13H26N2/c1-11(2)5-6-14-7-8-15-10-12-3-4-13(15)9-12/h11-14H,3-10H2,1-2H3. The minimum atomic E-state index is 0.834. The molecule has 0 radical (unpaired) electrons. The third-order valence-corrected chi connectivity index (χ3v) is 4.00. The lowest BCUT2D eigenvalue weighted by atomic mass is 10.1. The Kier molecular flexibility index (Phi) is 4.04. The first-order chi connectivity index (χ1) is 7.25. The Hall–Kier alpha value is -0.0800. The van der Waals surface area contributed by atoms with Crippen molar-refractivity contribution in [3.05, 3.63) is 0 Å². The van der Waals surface area contributed by atoms with Crippen molar-refractivity contribution in [3.63, 3.8) is 0 Å². The van der Waals surface area contributed by atoms with Crippen LogP contribution in [-0.2, 0) is 0 Å². The van der Waals surface area contributed by atoms with Crippen molar-refractivity contribution >= 4 is 0 Å². The van der Waals surface area contributed by atoms with Gasteiger partial charge < -0.3 is 5.32 Å². The predicted octanol–water partition coefficient (Wildman–Crippen LogP) is 2.11. The van der Waals surface area contributed by atoms with E-state index in [2.05, 4.69) is 24.1 Å². The van der Waals surface area contributed by atoms with E-state index in [1.54, 1.807) is 0 Å². The predicted molar refractivity (Wildman–Crippen MR) is 65.0 cm³/mol. The van der Waals surface area contributed by atoms with Crippen LogP contribution in [0, 0.1) is 11.8 Å². The highest BCUT2D eigenvalue weighted by molar-refractivity contribution is 4.91. The zero-order valence-electron chi connectivity index (χ0n) is 10.3. The summed E-state index contributed by atoms with van der Waals surface area (Å²) in [6, 6.07) is 0.946. The van der Waals surface area contributed by atoms with Gasteiger partial charge >= 0.3 is 0 Å². The maximum atomic E-state index is 3.56. The molecule has 2 bridgehead atoms. The van der Waals surface area contributed by atoms with Crippen LogP contribution in [0.5, 0.6) is 0 Å². The van der Waals surface area contributed by atoms with Crippen molar-refractivity contribution < 1.29 is 0 Å². The molecule has 0 aromatic carbocycles. The third kappa shape index (κ3) is 3.18. The van der Waals surface area contributed by atoms with Crippen molar-refractivity contribution in [2.45, 2.75) is 45.6 Å². The molecule has 2 aliphatic rings. The van der Waals surface area contributed by atoms with Crippen LogP contribution in [0.25, 0.3) is 0 Å². The topological polar surface area (TPSA) is 15.3 Å². The second-order valence-corrected chi connectivity index (χ2v) is 5.76. The number of rotatable bonds is 6. The molecule has 2 rings (SSSR count). The third-order valence-electron chi connectivity index (χ3n) is 4.00. The summed E-state index contributed by atoms with van der Waals surface area (Å²) in [6.45, 7) is 9.63. The Bertz CT molecular complexity index is 191. The SMILES string of the molecule is CC(C)CCNCCN1CC2CCC1C2. The number of hydrogen-bond acceptors (Lipinski definition) is 2. The van der Waals surface area contributed by atoms with E-state index in [-0.39, 0.29) is 0 Å². The van der Waals surface area contributed by atoms with Gasteiger partial charge in [0, 0.05) is 25.7 Å². The first-order valence-electron chi connectivity index (χ1n) is 6.70.